The van der Waals surface area contributed by atoms with Gasteiger partial charge in [0, 0.05) is 19.6 Å². The predicted octanol–water partition coefficient (Wildman–Crippen LogP) is -4.16. The molecular formula is C18H32N2O11S. The van der Waals surface area contributed by atoms with Crippen LogP contribution in [0, 0.1) is 0 Å². The summed E-state index contributed by atoms with van der Waals surface area (Å²) in [6, 6.07) is -2.36. The number of hydrogen-bond acceptors (Lipinski definition) is 12. The van der Waals surface area contributed by atoms with Crippen LogP contribution in [0.1, 0.15) is 13.8 Å². The molecule has 2 fully saturated rings. The molecule has 7 N–H and O–H groups in total. The summed E-state index contributed by atoms with van der Waals surface area (Å²) in [5, 5.41) is 55.7. The molecule has 0 aromatic rings. The van der Waals surface area contributed by atoms with E-state index in [0.29, 0.717) is 5.75 Å². The summed E-state index contributed by atoms with van der Waals surface area (Å²) in [6.07, 6.45) is -10.8. The molecule has 2 aliphatic rings. The predicted molar refractivity (Wildman–Crippen MR) is 109 cm³/mol. The van der Waals surface area contributed by atoms with Crippen LogP contribution in [0.2, 0.25) is 0 Å². The summed E-state index contributed by atoms with van der Waals surface area (Å²) in [4.78, 5) is 23.3. The summed E-state index contributed by atoms with van der Waals surface area (Å²) >= 11 is 4.04. The monoisotopic (exact) mass is 484 g/mol. The molecule has 2 saturated heterocycles. The first-order valence-electron chi connectivity index (χ1n) is 10.1. The smallest absolute Gasteiger partial charge is 0.217 e. The van der Waals surface area contributed by atoms with E-state index in [9.17, 15) is 35.1 Å². The minimum absolute atomic E-state index is 0.138. The first-order chi connectivity index (χ1) is 15.1. The van der Waals surface area contributed by atoms with Gasteiger partial charge >= 0.3 is 0 Å². The lowest BCUT2D eigenvalue weighted by molar-refractivity contribution is -0.331. The largest absolute Gasteiger partial charge is 0.394 e. The van der Waals surface area contributed by atoms with E-state index in [1.165, 1.54) is 13.8 Å². The zero-order valence-electron chi connectivity index (χ0n) is 17.7. The summed E-state index contributed by atoms with van der Waals surface area (Å²) in [5.41, 5.74) is 0. The van der Waals surface area contributed by atoms with Crippen LogP contribution in [0.5, 0.6) is 0 Å². The quantitative estimate of drug-likeness (QED) is 0.148. The van der Waals surface area contributed by atoms with Gasteiger partial charge in [0.2, 0.25) is 11.8 Å². The molecule has 0 saturated carbocycles. The molecule has 0 radical (unpaired) electrons. The fourth-order valence-corrected chi connectivity index (χ4v) is 3.78. The van der Waals surface area contributed by atoms with Crippen molar-refractivity contribution in [2.24, 2.45) is 0 Å². The summed E-state index contributed by atoms with van der Waals surface area (Å²) in [5.74, 6) is -0.706. The molecule has 0 spiro atoms. The van der Waals surface area contributed by atoms with Crippen LogP contribution >= 0.6 is 12.6 Å². The number of carbonyl (C=O) groups excluding carboxylic acids is 2. The molecule has 13 nitrogen and oxygen atoms in total. The van der Waals surface area contributed by atoms with Gasteiger partial charge in [0.1, 0.15) is 48.7 Å². The van der Waals surface area contributed by atoms with Gasteiger partial charge in [-0.15, -0.1) is 0 Å². The molecule has 5 unspecified atom stereocenters. The van der Waals surface area contributed by atoms with E-state index in [4.69, 9.17) is 18.9 Å². The molecule has 14 heteroatoms. The highest BCUT2D eigenvalue weighted by atomic mass is 32.1. The first kappa shape index (κ1) is 27.2. The maximum absolute atomic E-state index is 11.7. The third-order valence-electron chi connectivity index (χ3n) is 5.14. The number of aliphatic hydroxyl groups is 5. The SMILES string of the molecule is CC(=O)NC1C(O)[C@H](O[C@@H]2OC(CO)[C@@H](O)C(O)[C@@H]2NC(C)=O)C(CO)O[C@H]1OCCS. The zero-order valence-corrected chi connectivity index (χ0v) is 18.6. The molecule has 0 bridgehead atoms. The average Bonchev–Trinajstić information content (AvgIpc) is 2.74. The van der Waals surface area contributed by atoms with Crippen molar-refractivity contribution in [3.63, 3.8) is 0 Å². The highest BCUT2D eigenvalue weighted by molar-refractivity contribution is 7.80. The molecular weight excluding hydrogens is 452 g/mol. The second-order valence-corrected chi connectivity index (χ2v) is 8.02. The molecule has 2 rings (SSSR count). The van der Waals surface area contributed by atoms with Crippen LogP contribution in [0.4, 0.5) is 0 Å². The number of aliphatic hydroxyl groups excluding tert-OH is 5. The second-order valence-electron chi connectivity index (χ2n) is 7.57. The topological polar surface area (TPSA) is 196 Å². The van der Waals surface area contributed by atoms with E-state index in [0.717, 1.165) is 0 Å². The van der Waals surface area contributed by atoms with Gasteiger partial charge in [-0.05, 0) is 0 Å². The molecule has 0 aliphatic carbocycles. The van der Waals surface area contributed by atoms with Gasteiger partial charge in [-0.25, -0.2) is 0 Å². The van der Waals surface area contributed by atoms with Gasteiger partial charge in [0.05, 0.1) is 19.8 Å². The van der Waals surface area contributed by atoms with Crippen LogP contribution in [0.15, 0.2) is 0 Å². The Morgan fingerprint density at radius 3 is 1.91 bits per heavy atom. The average molecular weight is 485 g/mol. The Labute approximate surface area is 190 Å². The molecule has 2 aliphatic heterocycles. The van der Waals surface area contributed by atoms with Crippen molar-refractivity contribution in [1.29, 1.82) is 0 Å². The van der Waals surface area contributed by atoms with Crippen molar-refractivity contribution in [3.8, 4) is 0 Å². The maximum Gasteiger partial charge on any atom is 0.217 e. The lowest BCUT2D eigenvalue weighted by Gasteiger charge is -2.48. The lowest BCUT2D eigenvalue weighted by atomic mass is 9.94. The van der Waals surface area contributed by atoms with Gasteiger partial charge in [-0.1, -0.05) is 0 Å². The molecule has 0 aromatic carbocycles. The van der Waals surface area contributed by atoms with Gasteiger partial charge in [-0.3, -0.25) is 9.59 Å². The molecule has 0 aromatic heterocycles. The van der Waals surface area contributed by atoms with E-state index in [1.807, 2.05) is 0 Å². The number of hydrogen-bond donors (Lipinski definition) is 8. The Balaban J connectivity index is 2.29. The van der Waals surface area contributed by atoms with Crippen LogP contribution < -0.4 is 10.6 Å². The van der Waals surface area contributed by atoms with Crippen molar-refractivity contribution in [2.45, 2.75) is 75.1 Å². The van der Waals surface area contributed by atoms with Gasteiger partial charge in [-0.2, -0.15) is 12.6 Å². The first-order valence-corrected chi connectivity index (χ1v) is 10.8. The van der Waals surface area contributed by atoms with E-state index in [1.54, 1.807) is 0 Å². The molecule has 10 atom stereocenters. The summed E-state index contributed by atoms with van der Waals surface area (Å²) in [7, 11) is 0. The number of carbonyl (C=O) groups is 2. The van der Waals surface area contributed by atoms with Gasteiger partial charge in [0.25, 0.3) is 0 Å². The fraction of sp³-hybridized carbons (Fsp3) is 0.889. The highest BCUT2D eigenvalue weighted by Gasteiger charge is 2.51. The Kier molecular flexibility index (Phi) is 10.5. The normalized spacial score (nSPS) is 40.0. The number of rotatable bonds is 9. The lowest BCUT2D eigenvalue weighted by Crippen LogP contribution is -2.69. The minimum atomic E-state index is -1.57. The van der Waals surface area contributed by atoms with Crippen LogP contribution in [0.3, 0.4) is 0 Å². The van der Waals surface area contributed by atoms with Crippen LogP contribution in [-0.2, 0) is 28.5 Å². The standard InChI is InChI=1S/C18H32N2O11S/c1-7(23)19-11-14(26)13(25)9(5-21)29-18(11)31-16-10(6-22)30-17(28-3-4-32)12(15(16)27)20-8(2)24/h9-18,21-22,25-27,32H,3-6H2,1-2H3,(H,19,23)(H,20,24)/t9?,10?,11-,12?,13+,14?,15?,16+,17+,18-/m0/s1. The van der Waals surface area contributed by atoms with E-state index >= 15 is 0 Å². The molecule has 32 heavy (non-hydrogen) atoms. The Hall–Kier alpha value is -1.07. The fourth-order valence-electron chi connectivity index (χ4n) is 3.68. The number of nitrogens with one attached hydrogen (secondary N) is 2. The molecule has 2 heterocycles. The van der Waals surface area contributed by atoms with Gasteiger partial charge in [0.15, 0.2) is 12.6 Å². The van der Waals surface area contributed by atoms with E-state index < -0.39 is 86.3 Å². The highest BCUT2D eigenvalue weighted by Crippen LogP contribution is 2.29. The van der Waals surface area contributed by atoms with Crippen molar-refractivity contribution in [2.75, 3.05) is 25.6 Å². The second kappa shape index (κ2) is 12.4. The van der Waals surface area contributed by atoms with Crippen LogP contribution in [-0.4, -0.2) is 124 Å². The minimum Gasteiger partial charge on any atom is -0.394 e. The molecule has 2 amide bonds. The Bertz CT molecular complexity index is 630. The van der Waals surface area contributed by atoms with Gasteiger partial charge < -0.3 is 55.1 Å². The third-order valence-corrected chi connectivity index (χ3v) is 5.32. The van der Waals surface area contributed by atoms with Crippen molar-refractivity contribution in [3.05, 3.63) is 0 Å². The third kappa shape index (κ3) is 6.50. The summed E-state index contributed by atoms with van der Waals surface area (Å²) < 4.78 is 22.5. The van der Waals surface area contributed by atoms with Crippen LogP contribution in [0.25, 0.3) is 0 Å². The number of thiol groups is 1. The Morgan fingerprint density at radius 2 is 1.41 bits per heavy atom. The van der Waals surface area contributed by atoms with Crippen molar-refractivity contribution >= 4 is 24.4 Å². The van der Waals surface area contributed by atoms with Crippen molar-refractivity contribution < 1.29 is 54.1 Å². The van der Waals surface area contributed by atoms with E-state index in [2.05, 4.69) is 23.3 Å². The number of amides is 2. The maximum atomic E-state index is 11.7. The zero-order chi connectivity index (χ0) is 24.0. The molecule has 186 valence electrons. The van der Waals surface area contributed by atoms with Crippen molar-refractivity contribution in [1.82, 2.24) is 10.6 Å². The summed E-state index contributed by atoms with van der Waals surface area (Å²) in [6.45, 7) is 1.28. The Morgan fingerprint density at radius 1 is 0.875 bits per heavy atom. The van der Waals surface area contributed by atoms with E-state index in [-0.39, 0.29) is 6.61 Å². The number of ether oxygens (including phenoxy) is 4.